The van der Waals surface area contributed by atoms with Crippen LogP contribution in [0.1, 0.15) is 44.2 Å². The van der Waals surface area contributed by atoms with Gasteiger partial charge in [0.1, 0.15) is 5.67 Å². The first kappa shape index (κ1) is 24.1. The minimum absolute atomic E-state index is 0.125. The topological polar surface area (TPSA) is 89.6 Å². The summed E-state index contributed by atoms with van der Waals surface area (Å²) in [6, 6.07) is 3.77. The number of hydrogen-bond donors (Lipinski definition) is 1. The molecule has 2 aromatic heterocycles. The van der Waals surface area contributed by atoms with Crippen molar-refractivity contribution in [1.29, 1.82) is 0 Å². The lowest BCUT2D eigenvalue weighted by molar-refractivity contribution is -0.0494. The molecule has 35 heavy (non-hydrogen) atoms. The van der Waals surface area contributed by atoms with E-state index in [-0.39, 0.29) is 24.0 Å². The molecule has 2 N–H and O–H groups in total. The number of hydrogen-bond acceptors (Lipinski definition) is 8. The number of ether oxygens (including phenoxy) is 2. The van der Waals surface area contributed by atoms with E-state index in [1.54, 1.807) is 6.92 Å². The highest BCUT2D eigenvalue weighted by atomic mass is 19.3. The minimum Gasteiger partial charge on any atom is -0.431 e. The monoisotopic (exact) mass is 492 g/mol. The number of aromatic nitrogens is 3. The van der Waals surface area contributed by atoms with Gasteiger partial charge < -0.3 is 20.1 Å². The number of pyridine rings is 1. The van der Waals surface area contributed by atoms with Crippen LogP contribution in [0.2, 0.25) is 0 Å². The summed E-state index contributed by atoms with van der Waals surface area (Å²) in [5.41, 5.74) is 6.29. The average Bonchev–Trinajstić information content (AvgIpc) is 2.96. The van der Waals surface area contributed by atoms with Crippen LogP contribution >= 0.6 is 0 Å². The number of nitrogens with two attached hydrogens (primary N) is 1. The standard InChI is InChI=1S/C24H31F3N6O2/c1-24(27)3-5-33(14-24)23-30-18(15-9-17(10-15)32-4-2-7-34-8-6-32)12-19(31-23)16-11-20(35-22(25)26)21(28)29-13-16/h11-13,15,17,22H,2-10,14H2,1H3,(H2,28,29). The van der Waals surface area contributed by atoms with E-state index in [2.05, 4.69) is 19.6 Å². The predicted octanol–water partition coefficient (Wildman–Crippen LogP) is 3.63. The molecular weight excluding hydrogens is 461 g/mol. The maximum atomic E-state index is 14.6. The third-order valence-electron chi connectivity index (χ3n) is 7.14. The Bertz CT molecular complexity index is 1040. The normalized spacial score (nSPS) is 27.6. The van der Waals surface area contributed by atoms with Gasteiger partial charge in [0, 0.05) is 62.1 Å². The lowest BCUT2D eigenvalue weighted by Gasteiger charge is -2.42. The van der Waals surface area contributed by atoms with Gasteiger partial charge in [0.15, 0.2) is 11.6 Å². The van der Waals surface area contributed by atoms with Crippen molar-refractivity contribution in [2.75, 3.05) is 50.0 Å². The molecule has 0 bridgehead atoms. The predicted molar refractivity (Wildman–Crippen MR) is 125 cm³/mol. The molecule has 1 unspecified atom stereocenters. The quantitative estimate of drug-likeness (QED) is 0.654. The Balaban J connectivity index is 1.43. The highest BCUT2D eigenvalue weighted by Crippen LogP contribution is 2.41. The molecule has 5 rings (SSSR count). The maximum absolute atomic E-state index is 14.6. The van der Waals surface area contributed by atoms with E-state index in [0.717, 1.165) is 51.3 Å². The van der Waals surface area contributed by atoms with Crippen molar-refractivity contribution in [3.8, 4) is 17.0 Å². The molecule has 3 fully saturated rings. The number of rotatable bonds is 6. The average molecular weight is 493 g/mol. The first-order valence-corrected chi connectivity index (χ1v) is 12.1. The van der Waals surface area contributed by atoms with Crippen LogP contribution in [-0.4, -0.2) is 77.6 Å². The van der Waals surface area contributed by atoms with Crippen LogP contribution in [0.3, 0.4) is 0 Å². The van der Waals surface area contributed by atoms with Crippen molar-refractivity contribution in [1.82, 2.24) is 19.9 Å². The zero-order valence-corrected chi connectivity index (χ0v) is 19.8. The molecule has 0 radical (unpaired) electrons. The molecule has 1 atom stereocenters. The molecule has 190 valence electrons. The van der Waals surface area contributed by atoms with E-state index in [1.165, 1.54) is 12.3 Å². The molecule has 2 aromatic rings. The van der Waals surface area contributed by atoms with Crippen LogP contribution in [0.5, 0.6) is 5.75 Å². The van der Waals surface area contributed by atoms with Gasteiger partial charge in [0.25, 0.3) is 0 Å². The summed E-state index contributed by atoms with van der Waals surface area (Å²) in [6.45, 7) is 2.81. The van der Waals surface area contributed by atoms with E-state index < -0.39 is 12.3 Å². The first-order chi connectivity index (χ1) is 16.8. The van der Waals surface area contributed by atoms with Gasteiger partial charge in [-0.3, -0.25) is 4.90 Å². The molecule has 1 saturated carbocycles. The second kappa shape index (κ2) is 9.77. The number of alkyl halides is 3. The summed E-state index contributed by atoms with van der Waals surface area (Å²) < 4.78 is 50.4. The van der Waals surface area contributed by atoms with Gasteiger partial charge >= 0.3 is 6.61 Å². The molecule has 2 aliphatic heterocycles. The summed E-state index contributed by atoms with van der Waals surface area (Å²) in [5, 5.41) is 0. The molecular formula is C24H31F3N6O2. The van der Waals surface area contributed by atoms with Gasteiger partial charge in [0.05, 0.1) is 18.8 Å². The fourth-order valence-electron chi connectivity index (χ4n) is 5.09. The van der Waals surface area contributed by atoms with Crippen molar-refractivity contribution in [3.63, 3.8) is 0 Å². The van der Waals surface area contributed by atoms with Crippen molar-refractivity contribution in [2.45, 2.75) is 56.8 Å². The second-order valence-electron chi connectivity index (χ2n) is 9.87. The van der Waals surface area contributed by atoms with Gasteiger partial charge in [-0.05, 0) is 38.3 Å². The highest BCUT2D eigenvalue weighted by Gasteiger charge is 2.38. The van der Waals surface area contributed by atoms with Crippen LogP contribution in [0.25, 0.3) is 11.3 Å². The molecule has 11 heteroatoms. The maximum Gasteiger partial charge on any atom is 0.387 e. The van der Waals surface area contributed by atoms with Crippen molar-refractivity contribution in [2.24, 2.45) is 0 Å². The Labute approximate surface area is 202 Å². The summed E-state index contributed by atoms with van der Waals surface area (Å²) in [6.07, 6.45) is 4.85. The Morgan fingerprint density at radius 2 is 2.00 bits per heavy atom. The lowest BCUT2D eigenvalue weighted by Crippen LogP contribution is -2.45. The van der Waals surface area contributed by atoms with Crippen LogP contribution in [0, 0.1) is 0 Å². The van der Waals surface area contributed by atoms with E-state index >= 15 is 0 Å². The van der Waals surface area contributed by atoms with Crippen LogP contribution in [0.4, 0.5) is 24.9 Å². The van der Waals surface area contributed by atoms with Crippen LogP contribution in [-0.2, 0) is 4.74 Å². The molecule has 4 heterocycles. The Hall–Kier alpha value is -2.66. The Morgan fingerprint density at radius 1 is 1.17 bits per heavy atom. The largest absolute Gasteiger partial charge is 0.431 e. The van der Waals surface area contributed by atoms with Gasteiger partial charge in [0.2, 0.25) is 5.95 Å². The van der Waals surface area contributed by atoms with Gasteiger partial charge in [-0.1, -0.05) is 0 Å². The third kappa shape index (κ3) is 5.45. The van der Waals surface area contributed by atoms with Crippen LogP contribution < -0.4 is 15.4 Å². The zero-order valence-electron chi connectivity index (χ0n) is 19.8. The highest BCUT2D eigenvalue weighted by molar-refractivity contribution is 5.65. The molecule has 0 spiro atoms. The summed E-state index contributed by atoms with van der Waals surface area (Å²) in [4.78, 5) is 17.8. The third-order valence-corrected chi connectivity index (χ3v) is 7.14. The zero-order chi connectivity index (χ0) is 24.6. The van der Waals surface area contributed by atoms with Gasteiger partial charge in [-0.25, -0.2) is 19.3 Å². The smallest absolute Gasteiger partial charge is 0.387 e. The molecule has 1 aliphatic carbocycles. The van der Waals surface area contributed by atoms with Crippen molar-refractivity contribution in [3.05, 3.63) is 24.0 Å². The molecule has 2 saturated heterocycles. The van der Waals surface area contributed by atoms with Gasteiger partial charge in [-0.15, -0.1) is 0 Å². The Morgan fingerprint density at radius 3 is 2.74 bits per heavy atom. The van der Waals surface area contributed by atoms with Crippen molar-refractivity contribution < 1.29 is 22.6 Å². The number of halogens is 3. The van der Waals surface area contributed by atoms with Crippen molar-refractivity contribution >= 4 is 11.8 Å². The fraction of sp³-hybridized carbons (Fsp3) is 0.625. The molecule has 8 nitrogen and oxygen atoms in total. The number of nitrogen functional groups attached to an aromatic ring is 1. The Kier molecular flexibility index (Phi) is 6.71. The van der Waals surface area contributed by atoms with E-state index in [9.17, 15) is 13.2 Å². The number of nitrogens with zero attached hydrogens (tertiary/aromatic N) is 5. The SMILES string of the molecule is CC1(F)CCN(c2nc(-c3cnc(N)c(OC(F)F)c3)cc(C3CC(N4CCCOCC4)C3)n2)C1. The first-order valence-electron chi connectivity index (χ1n) is 12.1. The van der Waals surface area contributed by atoms with Crippen LogP contribution in [0.15, 0.2) is 18.3 Å². The lowest BCUT2D eigenvalue weighted by atomic mass is 9.77. The number of anilines is 2. The molecule has 0 amide bonds. The molecule has 3 aliphatic rings. The summed E-state index contributed by atoms with van der Waals surface area (Å²) in [7, 11) is 0. The second-order valence-corrected chi connectivity index (χ2v) is 9.87. The van der Waals surface area contributed by atoms with E-state index in [0.29, 0.717) is 36.2 Å². The summed E-state index contributed by atoms with van der Waals surface area (Å²) in [5.74, 6) is 0.351. The summed E-state index contributed by atoms with van der Waals surface area (Å²) >= 11 is 0. The molecule has 0 aromatic carbocycles. The van der Waals surface area contributed by atoms with E-state index in [4.69, 9.17) is 15.5 Å². The van der Waals surface area contributed by atoms with Gasteiger partial charge in [-0.2, -0.15) is 8.78 Å². The minimum atomic E-state index is -3.02. The fourth-order valence-corrected chi connectivity index (χ4v) is 5.09. The van der Waals surface area contributed by atoms with E-state index in [1.807, 2.05) is 11.0 Å².